The zero-order valence-electron chi connectivity index (χ0n) is 14.1. The van der Waals surface area contributed by atoms with Crippen molar-refractivity contribution in [3.63, 3.8) is 0 Å². The molecule has 1 amide bonds. The monoisotopic (exact) mass is 336 g/mol. The predicted octanol–water partition coefficient (Wildman–Crippen LogP) is 2.38. The second-order valence-corrected chi connectivity index (χ2v) is 6.70. The van der Waals surface area contributed by atoms with Crippen LogP contribution in [0.1, 0.15) is 22.3 Å². The Labute approximate surface area is 145 Å². The Hall–Kier alpha value is -2.89. The number of fused-ring (bicyclic) bond motifs is 1. The molecule has 1 aromatic carbocycles. The quantitative estimate of drug-likeness (QED) is 0.797. The van der Waals surface area contributed by atoms with E-state index in [1.807, 2.05) is 34.7 Å². The molecule has 2 aromatic heterocycles. The number of phenolic OH excluding ortho intramolecular Hbond substituents is 1. The van der Waals surface area contributed by atoms with E-state index >= 15 is 0 Å². The Morgan fingerprint density at radius 2 is 2.20 bits per heavy atom. The van der Waals surface area contributed by atoms with Gasteiger partial charge in [0.05, 0.1) is 11.9 Å². The van der Waals surface area contributed by atoms with Crippen molar-refractivity contribution in [3.05, 3.63) is 54.0 Å². The highest BCUT2D eigenvalue weighted by molar-refractivity contribution is 5.96. The molecule has 0 saturated carbocycles. The molecule has 0 aliphatic carbocycles. The molecule has 3 heterocycles. The normalized spacial score (nSPS) is 17.3. The topological polar surface area (TPSA) is 71.2 Å². The maximum Gasteiger partial charge on any atom is 0.255 e. The van der Waals surface area contributed by atoms with Gasteiger partial charge in [0, 0.05) is 26.3 Å². The van der Waals surface area contributed by atoms with Gasteiger partial charge in [0.1, 0.15) is 11.3 Å². The van der Waals surface area contributed by atoms with E-state index in [4.69, 9.17) is 0 Å². The first-order valence-corrected chi connectivity index (χ1v) is 8.44. The highest BCUT2D eigenvalue weighted by Gasteiger charge is 2.27. The number of amides is 1. The molecule has 1 saturated heterocycles. The molecule has 1 aliphatic heterocycles. The SMILES string of the molecule is Cn1cnc2cc(C(=O)N3CCC(Cc4cccc(O)c4)C3)cnc21. The molecule has 1 aliphatic rings. The van der Waals surface area contributed by atoms with Crippen molar-refractivity contribution < 1.29 is 9.90 Å². The van der Waals surface area contributed by atoms with Gasteiger partial charge in [-0.2, -0.15) is 0 Å². The summed E-state index contributed by atoms with van der Waals surface area (Å²) < 4.78 is 1.84. The maximum atomic E-state index is 12.8. The fraction of sp³-hybridized carbons (Fsp3) is 0.316. The van der Waals surface area contributed by atoms with Gasteiger partial charge in [0.25, 0.3) is 5.91 Å². The number of likely N-dealkylation sites (tertiary alicyclic amines) is 1. The lowest BCUT2D eigenvalue weighted by Gasteiger charge is -2.16. The maximum absolute atomic E-state index is 12.8. The summed E-state index contributed by atoms with van der Waals surface area (Å²) >= 11 is 0. The summed E-state index contributed by atoms with van der Waals surface area (Å²) in [7, 11) is 1.89. The second kappa shape index (κ2) is 6.20. The first-order valence-electron chi connectivity index (χ1n) is 8.44. The summed E-state index contributed by atoms with van der Waals surface area (Å²) in [6.07, 6.45) is 5.18. The molecule has 3 aromatic rings. The minimum absolute atomic E-state index is 0.0125. The molecular formula is C19H20N4O2. The van der Waals surface area contributed by atoms with Gasteiger partial charge in [-0.05, 0) is 42.5 Å². The Balaban J connectivity index is 1.45. The van der Waals surface area contributed by atoms with Crippen LogP contribution in [-0.4, -0.2) is 43.5 Å². The zero-order valence-corrected chi connectivity index (χ0v) is 14.1. The van der Waals surface area contributed by atoms with Crippen LogP contribution in [0.15, 0.2) is 42.9 Å². The number of hydrogen-bond donors (Lipinski definition) is 1. The minimum Gasteiger partial charge on any atom is -0.508 e. The van der Waals surface area contributed by atoms with E-state index in [0.717, 1.165) is 42.7 Å². The van der Waals surface area contributed by atoms with Gasteiger partial charge in [0.2, 0.25) is 0 Å². The van der Waals surface area contributed by atoms with Gasteiger partial charge >= 0.3 is 0 Å². The number of carbonyl (C=O) groups is 1. The van der Waals surface area contributed by atoms with Gasteiger partial charge in [-0.1, -0.05) is 12.1 Å². The number of aromatic hydroxyl groups is 1. The molecule has 0 bridgehead atoms. The van der Waals surface area contributed by atoms with E-state index in [0.29, 0.717) is 11.5 Å². The third-order valence-corrected chi connectivity index (χ3v) is 4.81. The van der Waals surface area contributed by atoms with E-state index in [9.17, 15) is 9.90 Å². The lowest BCUT2D eigenvalue weighted by Crippen LogP contribution is -2.29. The van der Waals surface area contributed by atoms with Crippen molar-refractivity contribution in [2.24, 2.45) is 13.0 Å². The predicted molar refractivity (Wildman–Crippen MR) is 94.3 cm³/mol. The number of hydrogen-bond acceptors (Lipinski definition) is 4. The Kier molecular flexibility index (Phi) is 3.87. The average molecular weight is 336 g/mol. The molecule has 0 spiro atoms. The van der Waals surface area contributed by atoms with E-state index < -0.39 is 0 Å². The van der Waals surface area contributed by atoms with Crippen molar-refractivity contribution in [2.75, 3.05) is 13.1 Å². The van der Waals surface area contributed by atoms with Crippen LogP contribution < -0.4 is 0 Å². The van der Waals surface area contributed by atoms with Gasteiger partial charge in [0.15, 0.2) is 5.65 Å². The van der Waals surface area contributed by atoms with E-state index in [-0.39, 0.29) is 11.7 Å². The molecule has 6 heteroatoms. The first kappa shape index (κ1) is 15.6. The molecule has 1 N–H and O–H groups in total. The zero-order chi connectivity index (χ0) is 17.4. The lowest BCUT2D eigenvalue weighted by atomic mass is 9.98. The van der Waals surface area contributed by atoms with Crippen molar-refractivity contribution in [3.8, 4) is 5.75 Å². The first-order chi connectivity index (χ1) is 12.1. The number of rotatable bonds is 3. The Morgan fingerprint density at radius 3 is 3.04 bits per heavy atom. The highest BCUT2D eigenvalue weighted by Crippen LogP contribution is 2.24. The fourth-order valence-electron chi connectivity index (χ4n) is 3.52. The minimum atomic E-state index is 0.0125. The summed E-state index contributed by atoms with van der Waals surface area (Å²) in [4.78, 5) is 23.3. The number of benzene rings is 1. The van der Waals surface area contributed by atoms with Crippen LogP contribution in [0.25, 0.3) is 11.2 Å². The smallest absolute Gasteiger partial charge is 0.255 e. The highest BCUT2D eigenvalue weighted by atomic mass is 16.3. The van der Waals surface area contributed by atoms with Crippen LogP contribution >= 0.6 is 0 Å². The van der Waals surface area contributed by atoms with Crippen molar-refractivity contribution in [1.82, 2.24) is 19.4 Å². The summed E-state index contributed by atoms with van der Waals surface area (Å²) in [5.41, 5.74) is 3.21. The van der Waals surface area contributed by atoms with Gasteiger partial charge in [-0.3, -0.25) is 4.79 Å². The van der Waals surface area contributed by atoms with Gasteiger partial charge < -0.3 is 14.6 Å². The summed E-state index contributed by atoms with van der Waals surface area (Å²) in [6.45, 7) is 1.48. The van der Waals surface area contributed by atoms with Gasteiger partial charge in [-0.25, -0.2) is 9.97 Å². The molecule has 0 radical (unpaired) electrons. The standard InChI is InChI=1S/C19H20N4O2/c1-22-12-21-17-9-15(10-20-18(17)22)19(25)23-6-5-14(11-23)7-13-3-2-4-16(24)8-13/h2-4,8-10,12,14,24H,5-7,11H2,1H3. The van der Waals surface area contributed by atoms with Crippen LogP contribution in [0.4, 0.5) is 0 Å². The molecule has 128 valence electrons. The molecule has 1 unspecified atom stereocenters. The summed E-state index contributed by atoms with van der Waals surface area (Å²) in [5.74, 6) is 0.717. The molecule has 1 atom stereocenters. The number of phenols is 1. The third kappa shape index (κ3) is 3.07. The van der Waals surface area contributed by atoms with Gasteiger partial charge in [-0.15, -0.1) is 0 Å². The van der Waals surface area contributed by atoms with Crippen LogP contribution in [0.2, 0.25) is 0 Å². The summed E-state index contributed by atoms with van der Waals surface area (Å²) in [5, 5.41) is 9.59. The van der Waals surface area contributed by atoms with Crippen LogP contribution in [0.3, 0.4) is 0 Å². The number of aryl methyl sites for hydroxylation is 1. The Bertz CT molecular complexity index is 934. The molecule has 25 heavy (non-hydrogen) atoms. The molecule has 4 rings (SSSR count). The average Bonchev–Trinajstić information content (AvgIpc) is 3.21. The molecular weight excluding hydrogens is 316 g/mol. The molecule has 1 fully saturated rings. The second-order valence-electron chi connectivity index (χ2n) is 6.70. The number of pyridine rings is 1. The number of aromatic nitrogens is 3. The Morgan fingerprint density at radius 1 is 1.32 bits per heavy atom. The van der Waals surface area contributed by atoms with E-state index in [1.165, 1.54) is 0 Å². The van der Waals surface area contributed by atoms with Crippen LogP contribution in [0, 0.1) is 5.92 Å². The van der Waals surface area contributed by atoms with Crippen molar-refractivity contribution in [2.45, 2.75) is 12.8 Å². The molecule has 6 nitrogen and oxygen atoms in total. The van der Waals surface area contributed by atoms with E-state index in [2.05, 4.69) is 9.97 Å². The van der Waals surface area contributed by atoms with Crippen LogP contribution in [0.5, 0.6) is 5.75 Å². The largest absolute Gasteiger partial charge is 0.508 e. The fourth-order valence-corrected chi connectivity index (χ4v) is 3.52. The van der Waals surface area contributed by atoms with Crippen LogP contribution in [-0.2, 0) is 13.5 Å². The lowest BCUT2D eigenvalue weighted by molar-refractivity contribution is 0.0787. The number of imidazole rings is 1. The van der Waals surface area contributed by atoms with Crippen molar-refractivity contribution >= 4 is 17.1 Å². The third-order valence-electron chi connectivity index (χ3n) is 4.81. The van der Waals surface area contributed by atoms with Crippen molar-refractivity contribution in [1.29, 1.82) is 0 Å². The number of nitrogens with zero attached hydrogens (tertiary/aromatic N) is 4. The summed E-state index contributed by atoms with van der Waals surface area (Å²) in [6, 6.07) is 9.16. The number of carbonyl (C=O) groups excluding carboxylic acids is 1. The van der Waals surface area contributed by atoms with E-state index in [1.54, 1.807) is 24.7 Å².